The standard InChI is InChI=1S/C20H21F2N5OS4/c1-12(31-8-14-7-27-17(29-2)18(30-3)32-19(27)25-14)20(28,9-26-11-23-10-24-26)15-5-4-13(21)6-16(15)22/h4-7,10-12,28H,8-9H2,1-3H3/t12-,20-/m1/s1. The minimum absolute atomic E-state index is 0.0181. The molecule has 0 spiro atoms. The summed E-state index contributed by atoms with van der Waals surface area (Å²) in [7, 11) is 0. The van der Waals surface area contributed by atoms with Crippen molar-refractivity contribution in [3.63, 3.8) is 0 Å². The molecule has 12 heteroatoms. The Labute approximate surface area is 200 Å². The lowest BCUT2D eigenvalue weighted by atomic mass is 9.90. The summed E-state index contributed by atoms with van der Waals surface area (Å²) in [6.07, 6.45) is 8.91. The number of fused-ring (bicyclic) bond motifs is 1. The Balaban J connectivity index is 1.59. The summed E-state index contributed by atoms with van der Waals surface area (Å²) in [6, 6.07) is 3.23. The van der Waals surface area contributed by atoms with E-state index in [9.17, 15) is 13.9 Å². The van der Waals surface area contributed by atoms with Crippen LogP contribution in [-0.2, 0) is 17.9 Å². The first-order valence-electron chi connectivity index (χ1n) is 9.56. The fourth-order valence-electron chi connectivity index (χ4n) is 3.42. The molecule has 4 rings (SSSR count). The van der Waals surface area contributed by atoms with E-state index in [0.29, 0.717) is 5.75 Å². The molecule has 32 heavy (non-hydrogen) atoms. The summed E-state index contributed by atoms with van der Waals surface area (Å²) >= 11 is 6.48. The molecular weight excluding hydrogens is 493 g/mol. The molecule has 3 aromatic heterocycles. The molecule has 0 aliphatic heterocycles. The van der Waals surface area contributed by atoms with Gasteiger partial charge in [-0.25, -0.2) is 23.4 Å². The summed E-state index contributed by atoms with van der Waals surface area (Å²) in [5.74, 6) is -0.959. The van der Waals surface area contributed by atoms with E-state index in [1.807, 2.05) is 25.6 Å². The SMILES string of the molecule is CSc1sc2nc(CS[C@H](C)[C@](O)(Cn3cncn3)c3ccc(F)cc3F)cn2c1SC. The molecular formula is C20H21F2N5OS4. The van der Waals surface area contributed by atoms with Gasteiger partial charge in [0.2, 0.25) is 0 Å². The van der Waals surface area contributed by atoms with Gasteiger partial charge in [0, 0.05) is 28.8 Å². The van der Waals surface area contributed by atoms with Gasteiger partial charge in [-0.05, 0) is 18.6 Å². The van der Waals surface area contributed by atoms with Gasteiger partial charge in [0.25, 0.3) is 0 Å². The van der Waals surface area contributed by atoms with E-state index in [2.05, 4.69) is 14.5 Å². The minimum Gasteiger partial charge on any atom is -0.382 e. The fourth-order valence-corrected chi connectivity index (χ4v) is 7.47. The first-order valence-corrected chi connectivity index (χ1v) is 13.9. The van der Waals surface area contributed by atoms with Gasteiger partial charge >= 0.3 is 0 Å². The van der Waals surface area contributed by atoms with Crippen molar-refractivity contribution in [2.24, 2.45) is 0 Å². The van der Waals surface area contributed by atoms with E-state index in [4.69, 9.17) is 4.98 Å². The van der Waals surface area contributed by atoms with Gasteiger partial charge in [0.15, 0.2) is 4.96 Å². The van der Waals surface area contributed by atoms with E-state index >= 15 is 0 Å². The number of nitrogens with zero attached hydrogens (tertiary/aromatic N) is 5. The van der Waals surface area contributed by atoms with Crippen molar-refractivity contribution in [1.29, 1.82) is 0 Å². The number of halogens is 2. The Hall–Kier alpha value is -1.60. The largest absolute Gasteiger partial charge is 0.382 e. The van der Waals surface area contributed by atoms with Gasteiger partial charge in [-0.15, -0.1) is 35.3 Å². The molecule has 0 bridgehead atoms. The van der Waals surface area contributed by atoms with Crippen LogP contribution in [0.5, 0.6) is 0 Å². The molecule has 2 atom stereocenters. The third kappa shape index (κ3) is 4.56. The van der Waals surface area contributed by atoms with Crippen molar-refractivity contribution in [3.8, 4) is 0 Å². The van der Waals surface area contributed by atoms with Crippen LogP contribution in [0.2, 0.25) is 0 Å². The van der Waals surface area contributed by atoms with Crippen LogP contribution in [0.1, 0.15) is 18.2 Å². The number of thiazole rings is 1. The van der Waals surface area contributed by atoms with E-state index in [1.165, 1.54) is 39.4 Å². The molecule has 0 aliphatic carbocycles. The van der Waals surface area contributed by atoms with Crippen molar-refractivity contribution in [2.45, 2.75) is 39.3 Å². The number of hydrogen-bond acceptors (Lipinski definition) is 8. The lowest BCUT2D eigenvalue weighted by molar-refractivity contribution is 0.0133. The highest BCUT2D eigenvalue weighted by molar-refractivity contribution is 8.03. The third-order valence-corrected chi connectivity index (χ3v) is 9.66. The average molecular weight is 514 g/mol. The Morgan fingerprint density at radius 2 is 2.06 bits per heavy atom. The average Bonchev–Trinajstić information content (AvgIpc) is 3.47. The Bertz CT molecular complexity index is 1210. The second-order valence-corrected chi connectivity index (χ2v) is 11.3. The van der Waals surface area contributed by atoms with Crippen LogP contribution in [0, 0.1) is 11.6 Å². The van der Waals surface area contributed by atoms with Crippen LogP contribution in [-0.4, -0.2) is 47.0 Å². The van der Waals surface area contributed by atoms with Crippen LogP contribution in [0.15, 0.2) is 46.3 Å². The summed E-state index contributed by atoms with van der Waals surface area (Å²) in [5, 5.41) is 16.4. The molecule has 170 valence electrons. The molecule has 0 radical (unpaired) electrons. The molecule has 0 fully saturated rings. The molecule has 4 aromatic rings. The number of aliphatic hydroxyl groups is 1. The highest BCUT2D eigenvalue weighted by Gasteiger charge is 2.39. The Morgan fingerprint density at radius 3 is 2.72 bits per heavy atom. The molecule has 0 aliphatic rings. The maximum Gasteiger partial charge on any atom is 0.195 e. The molecule has 6 nitrogen and oxygen atoms in total. The van der Waals surface area contributed by atoms with Gasteiger partial charge in [0.1, 0.15) is 34.9 Å². The maximum atomic E-state index is 14.7. The van der Waals surface area contributed by atoms with E-state index < -0.39 is 22.5 Å². The van der Waals surface area contributed by atoms with Gasteiger partial charge in [-0.3, -0.25) is 4.40 Å². The quantitative estimate of drug-likeness (QED) is 0.319. The van der Waals surface area contributed by atoms with Gasteiger partial charge < -0.3 is 5.11 Å². The summed E-state index contributed by atoms with van der Waals surface area (Å²) in [6.45, 7) is 1.80. The lowest BCUT2D eigenvalue weighted by Gasteiger charge is -2.34. The smallest absolute Gasteiger partial charge is 0.195 e. The summed E-state index contributed by atoms with van der Waals surface area (Å²) in [5.41, 5.74) is -0.739. The first kappa shape index (κ1) is 23.6. The Morgan fingerprint density at radius 1 is 1.25 bits per heavy atom. The van der Waals surface area contributed by atoms with Gasteiger partial charge in [0.05, 0.1) is 16.4 Å². The molecule has 0 saturated carbocycles. The van der Waals surface area contributed by atoms with Crippen molar-refractivity contribution < 1.29 is 13.9 Å². The second-order valence-electron chi connectivity index (χ2n) is 7.08. The summed E-state index contributed by atoms with van der Waals surface area (Å²) < 4.78 is 32.9. The maximum absolute atomic E-state index is 14.7. The number of thioether (sulfide) groups is 3. The predicted octanol–water partition coefficient (Wildman–Crippen LogP) is 4.92. The zero-order valence-corrected chi connectivity index (χ0v) is 20.8. The number of hydrogen-bond donors (Lipinski definition) is 1. The van der Waals surface area contributed by atoms with E-state index in [-0.39, 0.29) is 12.1 Å². The monoisotopic (exact) mass is 513 g/mol. The third-order valence-electron chi connectivity index (χ3n) is 5.10. The molecule has 1 aromatic carbocycles. The number of benzene rings is 1. The fraction of sp³-hybridized carbons (Fsp3) is 0.350. The predicted molar refractivity (Wildman–Crippen MR) is 128 cm³/mol. The highest BCUT2D eigenvalue weighted by Crippen LogP contribution is 2.39. The van der Waals surface area contributed by atoms with Crippen LogP contribution >= 0.6 is 46.6 Å². The van der Waals surface area contributed by atoms with Crippen molar-refractivity contribution in [1.82, 2.24) is 24.1 Å². The lowest BCUT2D eigenvalue weighted by Crippen LogP contribution is -2.41. The molecule has 3 heterocycles. The van der Waals surface area contributed by atoms with Crippen molar-refractivity contribution >= 4 is 51.6 Å². The van der Waals surface area contributed by atoms with Crippen LogP contribution in [0.4, 0.5) is 8.78 Å². The van der Waals surface area contributed by atoms with Gasteiger partial charge in [-0.1, -0.05) is 24.3 Å². The molecule has 1 N–H and O–H groups in total. The van der Waals surface area contributed by atoms with Crippen molar-refractivity contribution in [2.75, 3.05) is 12.5 Å². The van der Waals surface area contributed by atoms with E-state index in [1.54, 1.807) is 34.9 Å². The molecule has 0 saturated heterocycles. The number of aromatic nitrogens is 5. The van der Waals surface area contributed by atoms with Crippen LogP contribution < -0.4 is 0 Å². The minimum atomic E-state index is -1.64. The van der Waals surface area contributed by atoms with Crippen LogP contribution in [0.25, 0.3) is 4.96 Å². The summed E-state index contributed by atoms with van der Waals surface area (Å²) in [4.78, 5) is 9.55. The Kier molecular flexibility index (Phi) is 7.15. The topological polar surface area (TPSA) is 68.2 Å². The first-order chi connectivity index (χ1) is 15.4. The second kappa shape index (κ2) is 9.72. The van der Waals surface area contributed by atoms with Crippen molar-refractivity contribution in [3.05, 3.63) is 59.9 Å². The zero-order chi connectivity index (χ0) is 22.9. The van der Waals surface area contributed by atoms with E-state index in [0.717, 1.165) is 27.8 Å². The van der Waals surface area contributed by atoms with Crippen LogP contribution in [0.3, 0.4) is 0 Å². The zero-order valence-electron chi connectivity index (χ0n) is 17.5. The normalized spacial score (nSPS) is 14.7. The molecule has 0 unspecified atom stereocenters. The highest BCUT2D eigenvalue weighted by atomic mass is 32.2. The molecule has 0 amide bonds. The number of rotatable bonds is 9. The number of imidazole rings is 1. The van der Waals surface area contributed by atoms with Gasteiger partial charge in [-0.2, -0.15) is 5.10 Å².